The second kappa shape index (κ2) is 5.86. The topological polar surface area (TPSA) is 76.9 Å². The van der Waals surface area contributed by atoms with Crippen molar-refractivity contribution in [3.8, 4) is 0 Å². The van der Waals surface area contributed by atoms with Crippen molar-refractivity contribution < 1.29 is 13.1 Å². The number of hydrogen-bond acceptors (Lipinski definition) is 3. The first-order chi connectivity index (χ1) is 11.9. The van der Waals surface area contributed by atoms with Crippen molar-refractivity contribution in [1.82, 2.24) is 4.98 Å². The van der Waals surface area contributed by atoms with Crippen LogP contribution in [0.5, 0.6) is 0 Å². The zero-order valence-electron chi connectivity index (χ0n) is 12.9. The lowest BCUT2D eigenvalue weighted by Crippen LogP contribution is -2.26. The summed E-state index contributed by atoms with van der Waals surface area (Å²) in [6.07, 6.45) is 1.43. The van der Waals surface area contributed by atoms with Crippen molar-refractivity contribution in [3.05, 3.63) is 76.0 Å². The van der Waals surface area contributed by atoms with Crippen LogP contribution >= 0.6 is 15.9 Å². The molecule has 0 saturated carbocycles. The van der Waals surface area contributed by atoms with E-state index in [0.717, 1.165) is 21.0 Å². The van der Waals surface area contributed by atoms with Crippen molar-refractivity contribution in [2.24, 2.45) is 0 Å². The molecule has 0 atom stereocenters. The summed E-state index contributed by atoms with van der Waals surface area (Å²) in [4.78, 5) is 3.38. The molecule has 0 amide bonds. The lowest BCUT2D eigenvalue weighted by atomic mass is 10.1. The molecule has 0 fully saturated rings. The summed E-state index contributed by atoms with van der Waals surface area (Å²) >= 11 is 3.32. The fourth-order valence-electron chi connectivity index (χ4n) is 2.94. The molecule has 0 spiro atoms. The first-order valence-corrected chi connectivity index (χ1v) is 9.99. The predicted molar refractivity (Wildman–Crippen MR) is 99.8 cm³/mol. The van der Waals surface area contributed by atoms with Crippen LogP contribution in [-0.2, 0) is 15.6 Å². The maximum atomic E-state index is 12.6. The van der Waals surface area contributed by atoms with E-state index in [0.29, 0.717) is 20.6 Å². The highest BCUT2D eigenvalue weighted by Gasteiger charge is 2.18. The first kappa shape index (κ1) is 16.1. The van der Waals surface area contributed by atoms with E-state index in [9.17, 15) is 13.6 Å². The van der Waals surface area contributed by atoms with Crippen LogP contribution in [-0.4, -0.2) is 13.4 Å². The molecule has 0 aliphatic rings. The Morgan fingerprint density at radius 3 is 2.56 bits per heavy atom. The van der Waals surface area contributed by atoms with Crippen LogP contribution in [0.1, 0.15) is 5.56 Å². The summed E-state index contributed by atoms with van der Waals surface area (Å²) in [5, 5.41) is 13.6. The number of nitrogens with zero attached hydrogens (tertiary/aromatic N) is 1. The molecule has 126 valence electrons. The van der Waals surface area contributed by atoms with Crippen LogP contribution in [0.4, 0.5) is 0 Å². The average Bonchev–Trinajstić information content (AvgIpc) is 2.94. The first-order valence-electron chi connectivity index (χ1n) is 7.55. The number of fused-ring (bicyclic) bond motifs is 3. The SMILES string of the molecule is O=S(=O)(Cc1ccc2[nH]c3c(cc(Br)c[n+]3[O-])c2c1)c1ccccc1. The molecule has 2 heterocycles. The van der Waals surface area contributed by atoms with E-state index in [1.165, 1.54) is 6.20 Å². The number of halogens is 1. The summed E-state index contributed by atoms with van der Waals surface area (Å²) in [6.45, 7) is 0. The summed E-state index contributed by atoms with van der Waals surface area (Å²) < 4.78 is 26.6. The summed E-state index contributed by atoms with van der Waals surface area (Å²) in [6, 6.07) is 15.6. The van der Waals surface area contributed by atoms with Gasteiger partial charge < -0.3 is 5.21 Å². The van der Waals surface area contributed by atoms with Crippen LogP contribution < -0.4 is 4.73 Å². The number of aromatic amines is 1. The molecule has 2 aromatic carbocycles. The van der Waals surface area contributed by atoms with Gasteiger partial charge in [0.1, 0.15) is 11.7 Å². The maximum absolute atomic E-state index is 12.6. The molecule has 7 heteroatoms. The molecule has 5 nitrogen and oxygen atoms in total. The standard InChI is InChI=1S/C18H13BrN2O3S/c19-13-9-16-15-8-12(6-7-17(15)20-18(16)21(22)10-13)11-25(23,24)14-4-2-1-3-5-14/h1-10,20H,11H2. The van der Waals surface area contributed by atoms with Gasteiger partial charge in [-0.15, -0.1) is 0 Å². The molecular formula is C18H13BrN2O3S. The van der Waals surface area contributed by atoms with E-state index in [1.807, 2.05) is 12.1 Å². The number of rotatable bonds is 3. The maximum Gasteiger partial charge on any atom is 0.290 e. The molecule has 0 saturated heterocycles. The van der Waals surface area contributed by atoms with Crippen LogP contribution in [0, 0.1) is 5.21 Å². The van der Waals surface area contributed by atoms with Crippen LogP contribution in [0.25, 0.3) is 21.9 Å². The summed E-state index contributed by atoms with van der Waals surface area (Å²) in [5.74, 6) is -0.0923. The second-order valence-electron chi connectivity index (χ2n) is 5.82. The van der Waals surface area contributed by atoms with Crippen molar-refractivity contribution in [2.45, 2.75) is 10.6 Å². The van der Waals surface area contributed by atoms with Crippen molar-refractivity contribution in [1.29, 1.82) is 0 Å². The molecule has 0 aliphatic heterocycles. The number of nitrogens with one attached hydrogen (secondary N) is 1. The Bertz CT molecular complexity index is 1200. The van der Waals surface area contributed by atoms with Gasteiger partial charge in [0.05, 0.1) is 20.5 Å². The largest absolute Gasteiger partial charge is 0.711 e. The molecule has 1 N–H and O–H groups in total. The van der Waals surface area contributed by atoms with Gasteiger partial charge in [-0.3, -0.25) is 0 Å². The van der Waals surface area contributed by atoms with Crippen LogP contribution in [0.2, 0.25) is 0 Å². The van der Waals surface area contributed by atoms with Gasteiger partial charge in [-0.1, -0.05) is 24.3 Å². The number of pyridine rings is 1. The van der Waals surface area contributed by atoms with E-state index >= 15 is 0 Å². The Hall–Kier alpha value is -2.38. The third-order valence-corrected chi connectivity index (χ3v) is 6.22. The molecule has 2 aromatic heterocycles. The number of hydrogen-bond donors (Lipinski definition) is 1. The fourth-order valence-corrected chi connectivity index (χ4v) is 4.71. The quantitative estimate of drug-likeness (QED) is 0.408. The second-order valence-corrected chi connectivity index (χ2v) is 8.73. The van der Waals surface area contributed by atoms with Crippen LogP contribution in [0.15, 0.2) is 70.2 Å². The van der Waals surface area contributed by atoms with Crippen molar-refractivity contribution >= 4 is 47.7 Å². The van der Waals surface area contributed by atoms with Gasteiger partial charge >= 0.3 is 0 Å². The van der Waals surface area contributed by atoms with E-state index in [1.54, 1.807) is 42.5 Å². The predicted octanol–water partition coefficient (Wildman–Crippen LogP) is 3.69. The average molecular weight is 417 g/mol. The fraction of sp³-hybridized carbons (Fsp3) is 0.0556. The lowest BCUT2D eigenvalue weighted by Gasteiger charge is -2.05. The van der Waals surface area contributed by atoms with Gasteiger partial charge in [-0.25, -0.2) is 18.1 Å². The Morgan fingerprint density at radius 2 is 1.80 bits per heavy atom. The Morgan fingerprint density at radius 1 is 1.04 bits per heavy atom. The zero-order chi connectivity index (χ0) is 17.6. The highest BCUT2D eigenvalue weighted by atomic mass is 79.9. The Kier molecular flexibility index (Phi) is 3.77. The minimum atomic E-state index is -3.42. The molecule has 0 aliphatic carbocycles. The minimum absolute atomic E-state index is 0.0923. The molecule has 0 bridgehead atoms. The molecule has 0 unspecified atom stereocenters. The highest BCUT2D eigenvalue weighted by Crippen LogP contribution is 2.27. The van der Waals surface area contributed by atoms with Crippen LogP contribution in [0.3, 0.4) is 0 Å². The molecular weight excluding hydrogens is 404 g/mol. The highest BCUT2D eigenvalue weighted by molar-refractivity contribution is 9.10. The summed E-state index contributed by atoms with van der Waals surface area (Å²) in [7, 11) is -3.42. The van der Waals surface area contributed by atoms with E-state index in [2.05, 4.69) is 20.9 Å². The van der Waals surface area contributed by atoms with Gasteiger partial charge in [0.25, 0.3) is 5.65 Å². The number of aromatic nitrogens is 2. The van der Waals surface area contributed by atoms with Gasteiger partial charge in [0.2, 0.25) is 0 Å². The Labute approximate surface area is 152 Å². The third-order valence-electron chi connectivity index (χ3n) is 4.08. The molecule has 4 rings (SSSR count). The van der Waals surface area contributed by atoms with Crippen molar-refractivity contribution in [2.75, 3.05) is 0 Å². The Balaban J connectivity index is 1.83. The van der Waals surface area contributed by atoms with Gasteiger partial charge in [0, 0.05) is 5.39 Å². The van der Waals surface area contributed by atoms with Crippen molar-refractivity contribution in [3.63, 3.8) is 0 Å². The number of benzene rings is 2. The lowest BCUT2D eigenvalue weighted by molar-refractivity contribution is -0.579. The van der Waals surface area contributed by atoms with E-state index < -0.39 is 9.84 Å². The van der Waals surface area contributed by atoms with Gasteiger partial charge in [-0.2, -0.15) is 0 Å². The normalized spacial score (nSPS) is 12.0. The minimum Gasteiger partial charge on any atom is -0.711 e. The zero-order valence-corrected chi connectivity index (χ0v) is 15.3. The van der Waals surface area contributed by atoms with Gasteiger partial charge in [-0.05, 0) is 51.8 Å². The van der Waals surface area contributed by atoms with Gasteiger partial charge in [0.15, 0.2) is 9.84 Å². The third kappa shape index (κ3) is 2.89. The molecule has 0 radical (unpaired) electrons. The van der Waals surface area contributed by atoms with E-state index in [4.69, 9.17) is 0 Å². The summed E-state index contributed by atoms with van der Waals surface area (Å²) in [5.41, 5.74) is 1.91. The smallest absolute Gasteiger partial charge is 0.290 e. The van der Waals surface area contributed by atoms with E-state index in [-0.39, 0.29) is 5.75 Å². The number of H-pyrrole nitrogens is 1. The molecule has 25 heavy (non-hydrogen) atoms. The monoisotopic (exact) mass is 416 g/mol. The molecule has 4 aromatic rings. The number of sulfone groups is 1.